The largest absolute Gasteiger partial charge is 0.343 e. The Morgan fingerprint density at radius 2 is 2.11 bits per heavy atom. The minimum atomic E-state index is 0.306. The van der Waals surface area contributed by atoms with Gasteiger partial charge in [0.05, 0.1) is 0 Å². The first-order valence-corrected chi connectivity index (χ1v) is 7.91. The van der Waals surface area contributed by atoms with Gasteiger partial charge in [0.2, 0.25) is 5.91 Å². The van der Waals surface area contributed by atoms with E-state index in [1.165, 1.54) is 25.9 Å². The summed E-state index contributed by atoms with van der Waals surface area (Å²) in [5, 5.41) is 0. The van der Waals surface area contributed by atoms with Crippen LogP contribution in [0.2, 0.25) is 0 Å². The van der Waals surface area contributed by atoms with Gasteiger partial charge in [0.1, 0.15) is 0 Å². The van der Waals surface area contributed by atoms with E-state index in [4.69, 9.17) is 5.73 Å². The van der Waals surface area contributed by atoms with Gasteiger partial charge in [-0.1, -0.05) is 0 Å². The zero-order valence-corrected chi connectivity index (χ0v) is 12.7. The van der Waals surface area contributed by atoms with E-state index in [-0.39, 0.29) is 0 Å². The summed E-state index contributed by atoms with van der Waals surface area (Å²) < 4.78 is 0. The molecule has 0 aliphatic carbocycles. The Kier molecular flexibility index (Phi) is 8.07. The molecule has 112 valence electrons. The van der Waals surface area contributed by atoms with Gasteiger partial charge in [-0.2, -0.15) is 0 Å². The molecule has 0 aromatic rings. The summed E-state index contributed by atoms with van der Waals surface area (Å²) >= 11 is 0. The molecule has 1 aliphatic rings. The molecular weight excluding hydrogens is 238 g/mol. The van der Waals surface area contributed by atoms with Gasteiger partial charge in [0, 0.05) is 26.1 Å². The van der Waals surface area contributed by atoms with E-state index in [1.54, 1.807) is 0 Å². The van der Waals surface area contributed by atoms with Gasteiger partial charge < -0.3 is 15.5 Å². The molecular formula is C15H31N3O. The van der Waals surface area contributed by atoms with E-state index in [9.17, 15) is 4.79 Å². The normalized spacial score (nSPS) is 20.5. The standard InChI is InChI=1S/C15H31N3O/c1-3-18(4-2)15(19)8-6-12-17-11-5-7-14(13-17)9-10-16/h14H,3-13,16H2,1-2H3. The highest BCUT2D eigenvalue weighted by atomic mass is 16.2. The van der Waals surface area contributed by atoms with Crippen LogP contribution in [0.5, 0.6) is 0 Å². The van der Waals surface area contributed by atoms with Crippen molar-refractivity contribution in [1.82, 2.24) is 9.80 Å². The topological polar surface area (TPSA) is 49.6 Å². The minimum Gasteiger partial charge on any atom is -0.343 e. The van der Waals surface area contributed by atoms with Crippen molar-refractivity contribution < 1.29 is 4.79 Å². The maximum Gasteiger partial charge on any atom is 0.222 e. The summed E-state index contributed by atoms with van der Waals surface area (Å²) in [5.41, 5.74) is 5.64. The van der Waals surface area contributed by atoms with Crippen LogP contribution in [0.4, 0.5) is 0 Å². The number of hydrogen-bond donors (Lipinski definition) is 1. The summed E-state index contributed by atoms with van der Waals surface area (Å²) in [6.07, 6.45) is 5.44. The number of nitrogens with zero attached hydrogens (tertiary/aromatic N) is 2. The number of hydrogen-bond acceptors (Lipinski definition) is 3. The fourth-order valence-electron chi connectivity index (χ4n) is 3.01. The Hall–Kier alpha value is -0.610. The molecule has 1 rings (SSSR count). The Bertz CT molecular complexity index is 252. The lowest BCUT2D eigenvalue weighted by molar-refractivity contribution is -0.131. The third-order valence-electron chi connectivity index (χ3n) is 4.16. The monoisotopic (exact) mass is 269 g/mol. The molecule has 1 unspecified atom stereocenters. The molecule has 2 N–H and O–H groups in total. The third-order valence-corrected chi connectivity index (χ3v) is 4.16. The number of amides is 1. The van der Waals surface area contributed by atoms with Gasteiger partial charge in [-0.3, -0.25) is 4.79 Å². The summed E-state index contributed by atoms with van der Waals surface area (Å²) in [7, 11) is 0. The molecule has 0 aromatic heterocycles. The van der Waals surface area contributed by atoms with Crippen LogP contribution in [0.25, 0.3) is 0 Å². The van der Waals surface area contributed by atoms with Crippen molar-refractivity contribution >= 4 is 5.91 Å². The molecule has 19 heavy (non-hydrogen) atoms. The summed E-state index contributed by atoms with van der Waals surface area (Å²) in [6.45, 7) is 9.99. The lowest BCUT2D eigenvalue weighted by atomic mass is 9.95. The molecule has 1 atom stereocenters. The van der Waals surface area contributed by atoms with Gasteiger partial charge in [-0.15, -0.1) is 0 Å². The minimum absolute atomic E-state index is 0.306. The Labute approximate surface area is 118 Å². The summed E-state index contributed by atoms with van der Waals surface area (Å²) in [4.78, 5) is 16.3. The van der Waals surface area contributed by atoms with Crippen molar-refractivity contribution in [2.24, 2.45) is 11.7 Å². The van der Waals surface area contributed by atoms with E-state index in [0.29, 0.717) is 12.3 Å². The van der Waals surface area contributed by atoms with Crippen molar-refractivity contribution in [2.75, 3.05) is 39.3 Å². The molecule has 0 radical (unpaired) electrons. The summed E-state index contributed by atoms with van der Waals surface area (Å²) in [6, 6.07) is 0. The van der Waals surface area contributed by atoms with E-state index in [0.717, 1.165) is 44.9 Å². The Morgan fingerprint density at radius 1 is 1.37 bits per heavy atom. The maximum atomic E-state index is 11.9. The van der Waals surface area contributed by atoms with Crippen molar-refractivity contribution in [3.05, 3.63) is 0 Å². The Balaban J connectivity index is 2.19. The summed E-state index contributed by atoms with van der Waals surface area (Å²) in [5.74, 6) is 1.08. The highest BCUT2D eigenvalue weighted by molar-refractivity contribution is 5.76. The fourth-order valence-corrected chi connectivity index (χ4v) is 3.01. The van der Waals surface area contributed by atoms with Crippen LogP contribution >= 0.6 is 0 Å². The van der Waals surface area contributed by atoms with Crippen LogP contribution in [-0.2, 0) is 4.79 Å². The zero-order chi connectivity index (χ0) is 14.1. The van der Waals surface area contributed by atoms with E-state index in [2.05, 4.69) is 4.90 Å². The quantitative estimate of drug-likeness (QED) is 0.729. The van der Waals surface area contributed by atoms with Crippen LogP contribution < -0.4 is 5.73 Å². The van der Waals surface area contributed by atoms with Crippen LogP contribution in [0.15, 0.2) is 0 Å². The van der Waals surface area contributed by atoms with Gasteiger partial charge >= 0.3 is 0 Å². The second-order valence-electron chi connectivity index (χ2n) is 5.56. The highest BCUT2D eigenvalue weighted by Gasteiger charge is 2.19. The molecule has 1 aliphatic heterocycles. The first-order chi connectivity index (χ1) is 9.21. The van der Waals surface area contributed by atoms with Gasteiger partial charge in [0.15, 0.2) is 0 Å². The van der Waals surface area contributed by atoms with Crippen LogP contribution in [0, 0.1) is 5.92 Å². The molecule has 0 aromatic carbocycles. The van der Waals surface area contributed by atoms with E-state index in [1.807, 2.05) is 18.7 Å². The van der Waals surface area contributed by atoms with Crippen molar-refractivity contribution in [3.63, 3.8) is 0 Å². The molecule has 4 heteroatoms. The molecule has 1 heterocycles. The van der Waals surface area contributed by atoms with Crippen LogP contribution in [-0.4, -0.2) is 55.0 Å². The molecule has 1 fully saturated rings. The average molecular weight is 269 g/mol. The van der Waals surface area contributed by atoms with Crippen molar-refractivity contribution in [2.45, 2.75) is 46.0 Å². The second-order valence-corrected chi connectivity index (χ2v) is 5.56. The average Bonchev–Trinajstić information content (AvgIpc) is 2.41. The number of carbonyl (C=O) groups is 1. The third kappa shape index (κ3) is 5.91. The van der Waals surface area contributed by atoms with Crippen molar-refractivity contribution in [3.8, 4) is 0 Å². The van der Waals surface area contributed by atoms with Crippen molar-refractivity contribution in [1.29, 1.82) is 0 Å². The van der Waals surface area contributed by atoms with Gasteiger partial charge in [-0.05, 0) is 65.1 Å². The first-order valence-electron chi connectivity index (χ1n) is 7.91. The number of rotatable bonds is 8. The lowest BCUT2D eigenvalue weighted by Gasteiger charge is -2.32. The molecule has 0 spiro atoms. The molecule has 0 bridgehead atoms. The fraction of sp³-hybridized carbons (Fsp3) is 0.933. The van der Waals surface area contributed by atoms with E-state index >= 15 is 0 Å². The number of nitrogens with two attached hydrogens (primary N) is 1. The molecule has 0 saturated carbocycles. The predicted molar refractivity (Wildman–Crippen MR) is 80.0 cm³/mol. The van der Waals surface area contributed by atoms with Crippen LogP contribution in [0.1, 0.15) is 46.0 Å². The zero-order valence-electron chi connectivity index (χ0n) is 12.7. The van der Waals surface area contributed by atoms with Gasteiger partial charge in [0.25, 0.3) is 0 Å². The maximum absolute atomic E-state index is 11.9. The first kappa shape index (κ1) is 16.4. The van der Waals surface area contributed by atoms with Crippen LogP contribution in [0.3, 0.4) is 0 Å². The van der Waals surface area contributed by atoms with E-state index < -0.39 is 0 Å². The molecule has 1 saturated heterocycles. The Morgan fingerprint density at radius 3 is 2.74 bits per heavy atom. The highest BCUT2D eigenvalue weighted by Crippen LogP contribution is 2.19. The van der Waals surface area contributed by atoms with Gasteiger partial charge in [-0.25, -0.2) is 0 Å². The smallest absolute Gasteiger partial charge is 0.222 e. The number of carbonyl (C=O) groups excluding carboxylic acids is 1. The lowest BCUT2D eigenvalue weighted by Crippen LogP contribution is -2.37. The predicted octanol–water partition coefficient (Wildman–Crippen LogP) is 1.70. The second kappa shape index (κ2) is 9.32. The number of piperidine rings is 1. The molecule has 4 nitrogen and oxygen atoms in total. The SMILES string of the molecule is CCN(CC)C(=O)CCCN1CCCC(CCN)C1. The molecule has 1 amide bonds. The number of likely N-dealkylation sites (tertiary alicyclic amines) is 1.